The van der Waals surface area contributed by atoms with Gasteiger partial charge in [-0.25, -0.2) is 12.6 Å². The van der Waals surface area contributed by atoms with Gasteiger partial charge in [-0.05, 0) is 0 Å². The third kappa shape index (κ3) is 10.2. The third-order valence-corrected chi connectivity index (χ3v) is 0. The molecule has 0 bridgehead atoms. The summed E-state index contributed by atoms with van der Waals surface area (Å²) in [5, 5.41) is 0. The summed E-state index contributed by atoms with van der Waals surface area (Å²) < 4.78 is 0. The van der Waals surface area contributed by atoms with Crippen LogP contribution in [0.15, 0.2) is 0 Å². The monoisotopic (exact) mass is 84.0 g/mol. The van der Waals surface area contributed by atoms with Gasteiger partial charge >= 0.3 is 29.6 Å². The van der Waals surface area contributed by atoms with Crippen LogP contribution in [0.3, 0.4) is 0 Å². The van der Waals surface area contributed by atoms with Crippen molar-refractivity contribution in [1.82, 2.24) is 0 Å². The van der Waals surface area contributed by atoms with Crippen molar-refractivity contribution in [3.8, 4) is 0 Å². The summed E-state index contributed by atoms with van der Waals surface area (Å²) in [4.78, 5) is 0. The molecule has 0 aromatic carbocycles. The maximum Gasteiger partial charge on any atom is 1.00 e. The van der Waals surface area contributed by atoms with Crippen LogP contribution in [0.1, 0.15) is 0 Å². The first-order valence-corrected chi connectivity index (χ1v) is 1.45. The van der Waals surface area contributed by atoms with Crippen LogP contribution in [0.2, 0.25) is 0 Å². The summed E-state index contributed by atoms with van der Waals surface area (Å²) in [6, 6.07) is 0. The Labute approximate surface area is 54.7 Å². The Morgan fingerprint density at radius 1 is 1.75 bits per heavy atom. The minimum atomic E-state index is 0. The molecule has 0 saturated heterocycles. The molecule has 0 heterocycles. The molecule has 0 aromatic heterocycles. The van der Waals surface area contributed by atoms with E-state index in [1.165, 1.54) is 0 Å². The number of hydrogen-bond donors (Lipinski definition) is 1. The van der Waals surface area contributed by atoms with Gasteiger partial charge in [0, 0.05) is 0 Å². The minimum Gasteiger partial charge on any atom is -0.334 e. The zero-order valence-electron chi connectivity index (χ0n) is 2.86. The maximum atomic E-state index is 3.68. The van der Waals surface area contributed by atoms with Gasteiger partial charge in [0.05, 0.1) is 0 Å². The molecule has 4 heavy (non-hydrogen) atoms. The van der Waals surface area contributed by atoms with E-state index < -0.39 is 0 Å². The van der Waals surface area contributed by atoms with Crippen LogP contribution in [0.5, 0.6) is 0 Å². The fraction of sp³-hybridized carbons (Fsp3) is 0.500. The molecule has 0 fully saturated rings. The van der Waals surface area contributed by atoms with Crippen molar-refractivity contribution in [2.24, 2.45) is 0 Å². The molecule has 0 nitrogen and oxygen atoms in total. The average Bonchev–Trinajstić information content (AvgIpc) is 0.918. The van der Waals surface area contributed by atoms with Crippen LogP contribution in [0, 0.1) is 6.92 Å². The quantitative estimate of drug-likeness (QED) is 0.191. The van der Waals surface area contributed by atoms with Crippen molar-refractivity contribution >= 4 is 12.6 Å². The van der Waals surface area contributed by atoms with E-state index in [1.807, 2.05) is 0 Å². The summed E-state index contributed by atoms with van der Waals surface area (Å²) in [6.45, 7) is 3.35. The fourth-order valence-corrected chi connectivity index (χ4v) is 0. The Balaban J connectivity index is 0. The average molecular weight is 84.1 g/mol. The molecule has 0 unspecified atom stereocenters. The van der Waals surface area contributed by atoms with Gasteiger partial charge in [-0.2, -0.15) is 0 Å². The van der Waals surface area contributed by atoms with Gasteiger partial charge in [-0.15, -0.1) is 5.75 Å². The molecule has 0 amide bonds. The number of rotatable bonds is 0. The summed E-state index contributed by atoms with van der Waals surface area (Å²) in [6.07, 6.45) is 0. The number of thiol groups is 1. The van der Waals surface area contributed by atoms with Crippen molar-refractivity contribution in [3.05, 3.63) is 6.92 Å². The van der Waals surface area contributed by atoms with Gasteiger partial charge in [0.2, 0.25) is 0 Å². The van der Waals surface area contributed by atoms with E-state index in [0.29, 0.717) is 5.75 Å². The molecule has 0 aromatic rings. The molecule has 0 spiro atoms. The molecule has 0 radical (unpaired) electrons. The molecule has 0 aliphatic carbocycles. The van der Waals surface area contributed by atoms with E-state index in [0.717, 1.165) is 0 Å². The van der Waals surface area contributed by atoms with E-state index in [-0.39, 0.29) is 29.6 Å². The van der Waals surface area contributed by atoms with E-state index in [4.69, 9.17) is 0 Å². The Bertz CT molecular complexity index is 6.00. The zero-order chi connectivity index (χ0) is 2.71. The van der Waals surface area contributed by atoms with E-state index in [1.54, 1.807) is 0 Å². The second kappa shape index (κ2) is 8.84. The van der Waals surface area contributed by atoms with Crippen molar-refractivity contribution in [3.63, 3.8) is 0 Å². The van der Waals surface area contributed by atoms with Crippen molar-refractivity contribution < 1.29 is 29.6 Å². The summed E-state index contributed by atoms with van der Waals surface area (Å²) in [5.74, 6) is 0.694. The summed E-state index contributed by atoms with van der Waals surface area (Å²) in [7, 11) is 0. The molecule has 0 aliphatic rings. The smallest absolute Gasteiger partial charge is 0.334 e. The predicted molar refractivity (Wildman–Crippen MR) is 19.2 cm³/mol. The fourth-order valence-electron chi connectivity index (χ4n) is 0. The van der Waals surface area contributed by atoms with Gasteiger partial charge < -0.3 is 6.92 Å². The molecule has 0 N–H and O–H groups in total. The largest absolute Gasteiger partial charge is 1.00 e. The molecule has 20 valence electrons. The second-order valence-electron chi connectivity index (χ2n) is 0.224. The van der Waals surface area contributed by atoms with Gasteiger partial charge in [-0.1, -0.05) is 0 Å². The van der Waals surface area contributed by atoms with E-state index in [9.17, 15) is 0 Å². The molecule has 0 rings (SSSR count). The summed E-state index contributed by atoms with van der Waals surface area (Å²) >= 11 is 3.68. The molecule has 0 atom stereocenters. The van der Waals surface area contributed by atoms with E-state index >= 15 is 0 Å². The van der Waals surface area contributed by atoms with Crippen LogP contribution >= 0.6 is 12.6 Å². The Hall–Kier alpha value is 1.35. The minimum absolute atomic E-state index is 0. The molecule has 0 saturated carbocycles. The topological polar surface area (TPSA) is 0 Å². The van der Waals surface area contributed by atoms with Crippen LogP contribution in [-0.4, -0.2) is 5.75 Å². The second-order valence-corrected chi connectivity index (χ2v) is 0.671. The third-order valence-electron chi connectivity index (χ3n) is 0. The first-order chi connectivity index (χ1) is 1.41. The SMILES string of the molecule is [CH2-]CS.[Na+]. The Kier molecular flexibility index (Phi) is 19.9. The zero-order valence-corrected chi connectivity index (χ0v) is 5.76. The van der Waals surface area contributed by atoms with Crippen molar-refractivity contribution in [1.29, 1.82) is 0 Å². The van der Waals surface area contributed by atoms with Gasteiger partial charge in [-0.3, -0.25) is 0 Å². The molecule has 2 heteroatoms. The van der Waals surface area contributed by atoms with Crippen LogP contribution in [0.25, 0.3) is 0 Å². The first kappa shape index (κ1) is 9.02. The van der Waals surface area contributed by atoms with Crippen LogP contribution in [0.4, 0.5) is 0 Å². The standard InChI is InChI=1S/C2H5S.Na/c1-2-3;/h3H,1-2H2;/q-1;+1. The van der Waals surface area contributed by atoms with Crippen molar-refractivity contribution in [2.45, 2.75) is 0 Å². The summed E-state index contributed by atoms with van der Waals surface area (Å²) in [5.41, 5.74) is 0. The maximum absolute atomic E-state index is 3.68. The van der Waals surface area contributed by atoms with Gasteiger partial charge in [0.15, 0.2) is 0 Å². The normalized spacial score (nSPS) is 4.50. The number of hydrogen-bond acceptors (Lipinski definition) is 1. The van der Waals surface area contributed by atoms with Crippen LogP contribution < -0.4 is 29.6 Å². The first-order valence-electron chi connectivity index (χ1n) is 0.816. The van der Waals surface area contributed by atoms with Gasteiger partial charge in [0.1, 0.15) is 0 Å². The van der Waals surface area contributed by atoms with E-state index in [2.05, 4.69) is 19.6 Å². The predicted octanol–water partition coefficient (Wildman–Crippen LogP) is -2.25. The molecular formula is C2H5NaS. The Morgan fingerprint density at radius 2 is 1.75 bits per heavy atom. The Morgan fingerprint density at radius 3 is 1.75 bits per heavy atom. The van der Waals surface area contributed by atoms with Gasteiger partial charge in [0.25, 0.3) is 0 Å². The molecule has 0 aliphatic heterocycles. The molecular weight excluding hydrogens is 79.1 g/mol. The van der Waals surface area contributed by atoms with Crippen LogP contribution in [-0.2, 0) is 0 Å². The van der Waals surface area contributed by atoms with Crippen molar-refractivity contribution in [2.75, 3.05) is 5.75 Å².